The minimum atomic E-state index is 0.395. The maximum Gasteiger partial charge on any atom is 0.133 e. The highest BCUT2D eigenvalue weighted by molar-refractivity contribution is 5.47. The average Bonchev–Trinajstić information content (AvgIpc) is 2.62. The zero-order valence-corrected chi connectivity index (χ0v) is 9.73. The molecule has 0 amide bonds. The Morgan fingerprint density at radius 1 is 1.13 bits per heavy atom. The molecule has 0 unspecified atom stereocenters. The van der Waals surface area contributed by atoms with Gasteiger partial charge >= 0.3 is 0 Å². The zero-order valence-electron chi connectivity index (χ0n) is 9.73. The highest BCUT2D eigenvalue weighted by atomic mass is 15.2. The molecule has 2 aromatic heterocycles. The van der Waals surface area contributed by atoms with E-state index in [1.807, 2.05) is 16.8 Å². The Morgan fingerprint density at radius 2 is 1.87 bits per heavy atom. The van der Waals surface area contributed by atoms with Gasteiger partial charge in [0.25, 0.3) is 0 Å². The van der Waals surface area contributed by atoms with Crippen LogP contribution in [-0.4, -0.2) is 14.6 Å². The van der Waals surface area contributed by atoms with E-state index in [2.05, 4.69) is 43.8 Å². The first-order valence-electron chi connectivity index (χ1n) is 5.44. The molecule has 0 atom stereocenters. The molecule has 0 fully saturated rings. The molecule has 0 aliphatic carbocycles. The quantitative estimate of drug-likeness (QED) is 0.751. The van der Waals surface area contributed by atoms with E-state index >= 15 is 0 Å². The molecule has 80 valence electrons. The third-order valence-corrected chi connectivity index (χ3v) is 2.54. The van der Waals surface area contributed by atoms with Gasteiger partial charge in [-0.1, -0.05) is 27.7 Å². The molecule has 0 aromatic carbocycles. The molecule has 2 aromatic rings. The molecule has 15 heavy (non-hydrogen) atoms. The first-order chi connectivity index (χ1) is 7.09. The van der Waals surface area contributed by atoms with Crippen LogP contribution in [0.4, 0.5) is 0 Å². The fourth-order valence-corrected chi connectivity index (χ4v) is 1.65. The summed E-state index contributed by atoms with van der Waals surface area (Å²) in [6, 6.07) is 4.14. The van der Waals surface area contributed by atoms with Crippen LogP contribution in [0.5, 0.6) is 0 Å². The molecular weight excluding hydrogens is 186 g/mol. The van der Waals surface area contributed by atoms with E-state index in [4.69, 9.17) is 0 Å². The second-order valence-electron chi connectivity index (χ2n) is 4.52. The van der Waals surface area contributed by atoms with Gasteiger partial charge in [0, 0.05) is 11.6 Å². The fraction of sp³-hybridized carbons (Fsp3) is 0.500. The summed E-state index contributed by atoms with van der Waals surface area (Å²) in [5.41, 5.74) is 2.28. The largest absolute Gasteiger partial charge is 0.237 e. The number of hydrogen-bond acceptors (Lipinski definition) is 2. The first kappa shape index (κ1) is 10.1. The molecular formula is C12H17N3. The second kappa shape index (κ2) is 3.65. The molecule has 0 aliphatic rings. The molecule has 0 spiro atoms. The average molecular weight is 203 g/mol. The van der Waals surface area contributed by atoms with Crippen molar-refractivity contribution >= 4 is 5.52 Å². The molecule has 0 N–H and O–H groups in total. The van der Waals surface area contributed by atoms with Crippen LogP contribution in [0.25, 0.3) is 5.52 Å². The molecule has 0 aliphatic heterocycles. The maximum atomic E-state index is 4.67. The maximum absolute atomic E-state index is 4.67. The van der Waals surface area contributed by atoms with Crippen LogP contribution in [0.1, 0.15) is 51.0 Å². The van der Waals surface area contributed by atoms with E-state index < -0.39 is 0 Å². The van der Waals surface area contributed by atoms with Gasteiger partial charge in [-0.05, 0) is 18.1 Å². The predicted octanol–water partition coefficient (Wildman–Crippen LogP) is 2.98. The summed E-state index contributed by atoms with van der Waals surface area (Å²) in [4.78, 5) is 4.67. The summed E-state index contributed by atoms with van der Waals surface area (Å²) in [7, 11) is 0. The molecule has 0 bridgehead atoms. The molecule has 0 radical (unpaired) electrons. The SMILES string of the molecule is CC(C)c1cc2ccnn2c(C(C)C)n1. The van der Waals surface area contributed by atoms with E-state index in [9.17, 15) is 0 Å². The molecule has 3 nitrogen and oxygen atoms in total. The lowest BCUT2D eigenvalue weighted by Gasteiger charge is -2.11. The van der Waals surface area contributed by atoms with Crippen LogP contribution in [-0.2, 0) is 0 Å². The predicted molar refractivity (Wildman–Crippen MR) is 61.2 cm³/mol. The normalized spacial score (nSPS) is 11.9. The Hall–Kier alpha value is -1.38. The summed E-state index contributed by atoms with van der Waals surface area (Å²) in [5, 5.41) is 4.29. The Bertz CT molecular complexity index is 469. The Kier molecular flexibility index (Phi) is 2.47. The summed E-state index contributed by atoms with van der Waals surface area (Å²) in [6.45, 7) is 8.62. The van der Waals surface area contributed by atoms with Crippen LogP contribution in [0, 0.1) is 0 Å². The van der Waals surface area contributed by atoms with Crippen molar-refractivity contribution in [2.45, 2.75) is 39.5 Å². The van der Waals surface area contributed by atoms with Crippen molar-refractivity contribution < 1.29 is 0 Å². The Morgan fingerprint density at radius 3 is 2.47 bits per heavy atom. The van der Waals surface area contributed by atoms with Crippen molar-refractivity contribution in [1.29, 1.82) is 0 Å². The highest BCUT2D eigenvalue weighted by Crippen LogP contribution is 2.19. The summed E-state index contributed by atoms with van der Waals surface area (Å²) < 4.78 is 1.93. The highest BCUT2D eigenvalue weighted by Gasteiger charge is 2.11. The van der Waals surface area contributed by atoms with Gasteiger partial charge in [-0.2, -0.15) is 5.10 Å². The molecule has 0 saturated heterocycles. The summed E-state index contributed by atoms with van der Waals surface area (Å²) in [5.74, 6) is 1.90. The van der Waals surface area contributed by atoms with Crippen molar-refractivity contribution in [3.05, 3.63) is 29.8 Å². The number of aromatic nitrogens is 3. The Balaban J connectivity index is 2.69. The van der Waals surface area contributed by atoms with Crippen LogP contribution >= 0.6 is 0 Å². The van der Waals surface area contributed by atoms with Crippen molar-refractivity contribution in [1.82, 2.24) is 14.6 Å². The second-order valence-corrected chi connectivity index (χ2v) is 4.52. The number of hydrogen-bond donors (Lipinski definition) is 0. The van der Waals surface area contributed by atoms with Crippen LogP contribution in [0.2, 0.25) is 0 Å². The topological polar surface area (TPSA) is 30.2 Å². The van der Waals surface area contributed by atoms with Crippen molar-refractivity contribution in [3.63, 3.8) is 0 Å². The third-order valence-electron chi connectivity index (χ3n) is 2.54. The zero-order chi connectivity index (χ0) is 11.0. The van der Waals surface area contributed by atoms with Gasteiger partial charge in [0.1, 0.15) is 5.82 Å². The van der Waals surface area contributed by atoms with Gasteiger partial charge in [0.05, 0.1) is 11.7 Å². The van der Waals surface area contributed by atoms with Crippen molar-refractivity contribution in [2.75, 3.05) is 0 Å². The lowest BCUT2D eigenvalue weighted by Crippen LogP contribution is -2.07. The van der Waals surface area contributed by atoms with Gasteiger partial charge in [-0.15, -0.1) is 0 Å². The molecule has 3 heteroatoms. The number of nitrogens with zero attached hydrogens (tertiary/aromatic N) is 3. The molecule has 0 saturated carbocycles. The van der Waals surface area contributed by atoms with Gasteiger partial charge in [0.2, 0.25) is 0 Å². The van der Waals surface area contributed by atoms with E-state index in [1.165, 1.54) is 0 Å². The smallest absolute Gasteiger partial charge is 0.133 e. The van der Waals surface area contributed by atoms with Crippen molar-refractivity contribution in [2.24, 2.45) is 0 Å². The van der Waals surface area contributed by atoms with Gasteiger partial charge < -0.3 is 0 Å². The number of rotatable bonds is 2. The van der Waals surface area contributed by atoms with Crippen LogP contribution in [0.15, 0.2) is 18.3 Å². The van der Waals surface area contributed by atoms with E-state index in [0.717, 1.165) is 17.0 Å². The third kappa shape index (κ3) is 1.74. The van der Waals surface area contributed by atoms with Gasteiger partial charge in [-0.25, -0.2) is 9.50 Å². The Labute approximate surface area is 90.1 Å². The van der Waals surface area contributed by atoms with Gasteiger partial charge in [-0.3, -0.25) is 0 Å². The standard InChI is InChI=1S/C12H17N3/c1-8(2)11-7-10-5-6-13-15(10)12(14-11)9(3)4/h5-9H,1-4H3. The monoisotopic (exact) mass is 203 g/mol. The van der Waals surface area contributed by atoms with E-state index in [0.29, 0.717) is 11.8 Å². The van der Waals surface area contributed by atoms with E-state index in [-0.39, 0.29) is 0 Å². The first-order valence-corrected chi connectivity index (χ1v) is 5.44. The number of fused-ring (bicyclic) bond motifs is 1. The lowest BCUT2D eigenvalue weighted by molar-refractivity contribution is 0.686. The van der Waals surface area contributed by atoms with E-state index in [1.54, 1.807) is 0 Å². The summed E-state index contributed by atoms with van der Waals surface area (Å²) >= 11 is 0. The van der Waals surface area contributed by atoms with Crippen molar-refractivity contribution in [3.8, 4) is 0 Å². The van der Waals surface area contributed by atoms with Crippen LogP contribution < -0.4 is 0 Å². The lowest BCUT2D eigenvalue weighted by atomic mass is 10.1. The fourth-order valence-electron chi connectivity index (χ4n) is 1.65. The van der Waals surface area contributed by atoms with Crippen LogP contribution in [0.3, 0.4) is 0 Å². The minimum Gasteiger partial charge on any atom is -0.237 e. The minimum absolute atomic E-state index is 0.395. The summed E-state index contributed by atoms with van der Waals surface area (Å²) in [6.07, 6.45) is 1.83. The van der Waals surface area contributed by atoms with Gasteiger partial charge in [0.15, 0.2) is 0 Å². The molecule has 2 heterocycles. The molecule has 2 rings (SSSR count).